The van der Waals surface area contributed by atoms with Crippen LogP contribution in [-0.4, -0.2) is 23.7 Å². The summed E-state index contributed by atoms with van der Waals surface area (Å²) in [6, 6.07) is 16.8. The van der Waals surface area contributed by atoms with Crippen LogP contribution in [0, 0.1) is 6.92 Å². The highest BCUT2D eigenvalue weighted by Gasteiger charge is 2.14. The molecule has 0 saturated carbocycles. The average molecular weight is 333 g/mol. The fraction of sp³-hybridized carbons (Fsp3) is 0.286. The minimum Gasteiger partial charge on any atom is -0.381 e. The maximum Gasteiger partial charge on any atom is 0.258 e. The molecule has 0 aliphatic carbocycles. The normalized spacial score (nSPS) is 17.1. The van der Waals surface area contributed by atoms with Gasteiger partial charge in [0.25, 0.3) is 5.56 Å². The topological polar surface area (TPSA) is 46.1 Å². The molecule has 0 bridgehead atoms. The fourth-order valence-electron chi connectivity index (χ4n) is 3.41. The quantitative estimate of drug-likeness (QED) is 0.771. The van der Waals surface area contributed by atoms with Crippen LogP contribution >= 0.6 is 0 Å². The molecule has 1 saturated heterocycles. The van der Waals surface area contributed by atoms with Crippen LogP contribution in [-0.2, 0) is 6.54 Å². The Labute approximate surface area is 147 Å². The molecule has 128 valence electrons. The van der Waals surface area contributed by atoms with E-state index in [4.69, 9.17) is 0 Å². The predicted octanol–water partition coefficient (Wildman–Crippen LogP) is 3.13. The summed E-state index contributed by atoms with van der Waals surface area (Å²) < 4.78 is 1.78. The van der Waals surface area contributed by atoms with E-state index in [-0.39, 0.29) is 5.56 Å². The highest BCUT2D eigenvalue weighted by molar-refractivity contribution is 5.84. The predicted molar refractivity (Wildman–Crippen MR) is 103 cm³/mol. The van der Waals surface area contributed by atoms with Crippen LogP contribution in [0.4, 0.5) is 5.69 Å². The Morgan fingerprint density at radius 3 is 2.76 bits per heavy atom. The van der Waals surface area contributed by atoms with E-state index >= 15 is 0 Å². The zero-order valence-corrected chi connectivity index (χ0v) is 14.5. The largest absolute Gasteiger partial charge is 0.381 e. The van der Waals surface area contributed by atoms with Crippen molar-refractivity contribution in [2.24, 2.45) is 0 Å². The number of nitrogens with zero attached hydrogens (tertiary/aromatic N) is 1. The third kappa shape index (κ3) is 3.44. The van der Waals surface area contributed by atoms with E-state index in [1.165, 1.54) is 5.56 Å². The van der Waals surface area contributed by atoms with Crippen molar-refractivity contribution in [1.82, 2.24) is 9.88 Å². The number of pyridine rings is 1. The van der Waals surface area contributed by atoms with Crippen LogP contribution in [0.5, 0.6) is 0 Å². The average Bonchev–Trinajstić information content (AvgIpc) is 3.12. The highest BCUT2D eigenvalue weighted by Crippen LogP contribution is 2.18. The highest BCUT2D eigenvalue weighted by atomic mass is 16.1. The fourth-order valence-corrected chi connectivity index (χ4v) is 3.41. The van der Waals surface area contributed by atoms with Gasteiger partial charge in [0.15, 0.2) is 0 Å². The molecule has 1 aliphatic heterocycles. The number of rotatable bonds is 4. The van der Waals surface area contributed by atoms with Crippen molar-refractivity contribution < 1.29 is 0 Å². The Hall–Kier alpha value is -2.59. The molecule has 0 radical (unpaired) electrons. The summed E-state index contributed by atoms with van der Waals surface area (Å²) in [5, 5.41) is 8.65. The van der Waals surface area contributed by atoms with Crippen LogP contribution in [0.1, 0.15) is 17.5 Å². The summed E-state index contributed by atoms with van der Waals surface area (Å²) in [5.74, 6) is 0. The number of nitrogens with one attached hydrogen (secondary N) is 2. The van der Waals surface area contributed by atoms with E-state index in [0.29, 0.717) is 12.6 Å². The van der Waals surface area contributed by atoms with Crippen molar-refractivity contribution in [3.8, 4) is 0 Å². The van der Waals surface area contributed by atoms with Gasteiger partial charge in [0.2, 0.25) is 0 Å². The zero-order valence-electron chi connectivity index (χ0n) is 14.5. The van der Waals surface area contributed by atoms with Crippen molar-refractivity contribution in [2.75, 3.05) is 18.4 Å². The molecule has 2 heterocycles. The molecule has 1 aromatic heterocycles. The first kappa shape index (κ1) is 15.9. The molecule has 1 atom stereocenters. The standard InChI is InChI=1S/C21H23N3O/c1-15-2-4-16(5-3-15)14-24-11-9-17-12-18(6-7-20(17)21(24)25)23-19-8-10-22-13-19/h2-7,9,11-12,19,22-23H,8,10,13-14H2,1H3/t19-/m0/s1. The maximum absolute atomic E-state index is 12.8. The summed E-state index contributed by atoms with van der Waals surface area (Å²) >= 11 is 0. The van der Waals surface area contributed by atoms with Gasteiger partial charge in [-0.15, -0.1) is 0 Å². The Morgan fingerprint density at radius 1 is 1.16 bits per heavy atom. The maximum atomic E-state index is 12.8. The van der Waals surface area contributed by atoms with Gasteiger partial charge >= 0.3 is 0 Å². The number of aromatic nitrogens is 1. The van der Waals surface area contributed by atoms with Gasteiger partial charge in [-0.05, 0) is 55.1 Å². The van der Waals surface area contributed by atoms with Crippen molar-refractivity contribution in [3.05, 3.63) is 76.2 Å². The molecule has 4 nitrogen and oxygen atoms in total. The van der Waals surface area contributed by atoms with Crippen molar-refractivity contribution >= 4 is 16.5 Å². The third-order valence-electron chi connectivity index (χ3n) is 4.88. The Morgan fingerprint density at radius 2 is 2.00 bits per heavy atom. The molecule has 4 heteroatoms. The van der Waals surface area contributed by atoms with E-state index in [2.05, 4.69) is 47.9 Å². The smallest absolute Gasteiger partial charge is 0.258 e. The second-order valence-corrected chi connectivity index (χ2v) is 6.87. The lowest BCUT2D eigenvalue weighted by atomic mass is 10.1. The summed E-state index contributed by atoms with van der Waals surface area (Å²) in [6.07, 6.45) is 3.03. The molecule has 1 aliphatic rings. The molecule has 0 spiro atoms. The lowest BCUT2D eigenvalue weighted by Gasteiger charge is -2.14. The first-order chi connectivity index (χ1) is 12.2. The van der Waals surface area contributed by atoms with Crippen molar-refractivity contribution in [3.63, 3.8) is 0 Å². The molecule has 0 unspecified atom stereocenters. The number of aryl methyl sites for hydroxylation is 1. The van der Waals surface area contributed by atoms with Crippen LogP contribution in [0.25, 0.3) is 10.8 Å². The van der Waals surface area contributed by atoms with E-state index < -0.39 is 0 Å². The van der Waals surface area contributed by atoms with Crippen molar-refractivity contribution in [1.29, 1.82) is 0 Å². The first-order valence-electron chi connectivity index (χ1n) is 8.85. The minimum atomic E-state index is 0.0622. The SMILES string of the molecule is Cc1ccc(Cn2ccc3cc(N[C@H]4CCNC4)ccc3c2=O)cc1. The van der Waals surface area contributed by atoms with Gasteiger partial charge in [-0.2, -0.15) is 0 Å². The van der Waals surface area contributed by atoms with E-state index in [1.807, 2.05) is 24.4 Å². The molecule has 2 aromatic carbocycles. The number of benzene rings is 2. The first-order valence-corrected chi connectivity index (χ1v) is 8.85. The minimum absolute atomic E-state index is 0.0622. The monoisotopic (exact) mass is 333 g/mol. The van der Waals surface area contributed by atoms with Gasteiger partial charge in [0, 0.05) is 29.9 Å². The second kappa shape index (κ2) is 6.73. The van der Waals surface area contributed by atoms with Crippen LogP contribution in [0.3, 0.4) is 0 Å². The molecule has 4 rings (SSSR count). The van der Waals surface area contributed by atoms with Gasteiger partial charge in [-0.25, -0.2) is 0 Å². The van der Waals surface area contributed by atoms with Crippen LogP contribution in [0.2, 0.25) is 0 Å². The Balaban J connectivity index is 1.61. The van der Waals surface area contributed by atoms with E-state index in [9.17, 15) is 4.79 Å². The van der Waals surface area contributed by atoms with Crippen molar-refractivity contribution in [2.45, 2.75) is 25.9 Å². The Bertz CT molecular complexity index is 938. The van der Waals surface area contributed by atoms with E-state index in [1.54, 1.807) is 4.57 Å². The molecule has 25 heavy (non-hydrogen) atoms. The lowest BCUT2D eigenvalue weighted by Crippen LogP contribution is -2.22. The number of hydrogen-bond donors (Lipinski definition) is 2. The summed E-state index contributed by atoms with van der Waals surface area (Å²) in [7, 11) is 0. The third-order valence-corrected chi connectivity index (χ3v) is 4.88. The zero-order chi connectivity index (χ0) is 17.2. The number of hydrogen-bond acceptors (Lipinski definition) is 3. The van der Waals surface area contributed by atoms with Gasteiger partial charge in [0.1, 0.15) is 0 Å². The van der Waals surface area contributed by atoms with Crippen LogP contribution in [0.15, 0.2) is 59.5 Å². The molecule has 0 amide bonds. The van der Waals surface area contributed by atoms with Gasteiger partial charge in [-0.3, -0.25) is 4.79 Å². The van der Waals surface area contributed by atoms with Gasteiger partial charge in [0.05, 0.1) is 6.54 Å². The molecular weight excluding hydrogens is 310 g/mol. The van der Waals surface area contributed by atoms with Gasteiger partial charge in [-0.1, -0.05) is 29.8 Å². The summed E-state index contributed by atoms with van der Waals surface area (Å²) in [5.41, 5.74) is 3.51. The Kier molecular flexibility index (Phi) is 4.28. The second-order valence-electron chi connectivity index (χ2n) is 6.87. The number of fused-ring (bicyclic) bond motifs is 1. The van der Waals surface area contributed by atoms with E-state index in [0.717, 1.165) is 41.5 Å². The molecule has 2 N–H and O–H groups in total. The summed E-state index contributed by atoms with van der Waals surface area (Å²) in [6.45, 7) is 4.73. The molecule has 1 fully saturated rings. The molecule has 3 aromatic rings. The summed E-state index contributed by atoms with van der Waals surface area (Å²) in [4.78, 5) is 12.8. The molecular formula is C21H23N3O. The number of anilines is 1. The lowest BCUT2D eigenvalue weighted by molar-refractivity contribution is 0.767. The van der Waals surface area contributed by atoms with Crippen LogP contribution < -0.4 is 16.2 Å². The van der Waals surface area contributed by atoms with Gasteiger partial charge < -0.3 is 15.2 Å².